The van der Waals surface area contributed by atoms with Crippen molar-refractivity contribution in [3.63, 3.8) is 0 Å². The highest BCUT2D eigenvalue weighted by molar-refractivity contribution is 6.21. The minimum Gasteiger partial charge on any atom is -0.377 e. The fourth-order valence-corrected chi connectivity index (χ4v) is 1.99. The summed E-state index contributed by atoms with van der Waals surface area (Å²) in [7, 11) is 0. The first-order valence-corrected chi connectivity index (χ1v) is 5.30. The minimum absolute atomic E-state index is 0.223. The first-order valence-electron chi connectivity index (χ1n) is 4.87. The van der Waals surface area contributed by atoms with Gasteiger partial charge >= 0.3 is 0 Å². The van der Waals surface area contributed by atoms with E-state index in [4.69, 9.17) is 16.3 Å². The lowest BCUT2D eigenvalue weighted by molar-refractivity contribution is -0.0117. The quantitative estimate of drug-likeness (QED) is 0.609. The molecule has 72 valence electrons. The molecule has 1 heterocycles. The van der Waals surface area contributed by atoms with Gasteiger partial charge in [0, 0.05) is 6.61 Å². The summed E-state index contributed by atoms with van der Waals surface area (Å²) in [5.74, 6) is 1.30. The maximum absolute atomic E-state index is 6.25. The summed E-state index contributed by atoms with van der Waals surface area (Å²) < 4.78 is 5.64. The van der Waals surface area contributed by atoms with Crippen molar-refractivity contribution in [2.75, 3.05) is 6.61 Å². The van der Waals surface area contributed by atoms with Crippen molar-refractivity contribution in [2.45, 2.75) is 45.1 Å². The third-order valence-electron chi connectivity index (χ3n) is 2.51. The van der Waals surface area contributed by atoms with Crippen molar-refractivity contribution >= 4 is 11.6 Å². The predicted molar refractivity (Wildman–Crippen MR) is 52.6 cm³/mol. The first kappa shape index (κ1) is 10.3. The zero-order valence-corrected chi connectivity index (χ0v) is 8.97. The van der Waals surface area contributed by atoms with E-state index in [0.717, 1.165) is 19.4 Å². The standard InChI is InChI=1S/C10H19ClO/c1-7(2)6-9-10(11)8(3)4-5-12-9/h7-10H,4-6H2,1-3H3. The molecule has 0 amide bonds. The van der Waals surface area contributed by atoms with Gasteiger partial charge in [-0.2, -0.15) is 0 Å². The van der Waals surface area contributed by atoms with Crippen LogP contribution in [0.25, 0.3) is 0 Å². The van der Waals surface area contributed by atoms with Gasteiger partial charge in [0.05, 0.1) is 11.5 Å². The van der Waals surface area contributed by atoms with Gasteiger partial charge in [0.1, 0.15) is 0 Å². The van der Waals surface area contributed by atoms with E-state index in [1.807, 2.05) is 0 Å². The van der Waals surface area contributed by atoms with Gasteiger partial charge in [-0.05, 0) is 24.7 Å². The second-order valence-corrected chi connectivity index (χ2v) is 4.75. The average molecular weight is 191 g/mol. The monoisotopic (exact) mass is 190 g/mol. The number of rotatable bonds is 2. The van der Waals surface area contributed by atoms with Gasteiger partial charge in [-0.15, -0.1) is 11.6 Å². The summed E-state index contributed by atoms with van der Waals surface area (Å²) >= 11 is 6.25. The molecule has 0 N–H and O–H groups in total. The van der Waals surface area contributed by atoms with Crippen LogP contribution in [0, 0.1) is 11.8 Å². The summed E-state index contributed by atoms with van der Waals surface area (Å²) in [6.07, 6.45) is 2.50. The van der Waals surface area contributed by atoms with Crippen LogP contribution in [0.15, 0.2) is 0 Å². The molecule has 12 heavy (non-hydrogen) atoms. The molecule has 1 saturated heterocycles. The lowest BCUT2D eigenvalue weighted by Gasteiger charge is -2.33. The molecule has 1 nitrogen and oxygen atoms in total. The molecule has 2 heteroatoms. The summed E-state index contributed by atoms with van der Waals surface area (Å²) in [5.41, 5.74) is 0. The van der Waals surface area contributed by atoms with Crippen molar-refractivity contribution in [1.29, 1.82) is 0 Å². The average Bonchev–Trinajstić information content (AvgIpc) is 1.98. The molecule has 1 aliphatic heterocycles. The molecule has 0 aliphatic carbocycles. The molecule has 3 atom stereocenters. The SMILES string of the molecule is CC(C)CC1OCCC(C)C1Cl. The molecule has 3 unspecified atom stereocenters. The van der Waals surface area contributed by atoms with Gasteiger partial charge in [-0.1, -0.05) is 20.8 Å². The number of hydrogen-bond donors (Lipinski definition) is 0. The molecule has 0 aromatic carbocycles. The smallest absolute Gasteiger partial charge is 0.0743 e. The molecule has 0 radical (unpaired) electrons. The van der Waals surface area contributed by atoms with Crippen molar-refractivity contribution < 1.29 is 4.74 Å². The van der Waals surface area contributed by atoms with Gasteiger partial charge in [-0.25, -0.2) is 0 Å². The largest absolute Gasteiger partial charge is 0.377 e. The molecule has 0 spiro atoms. The van der Waals surface area contributed by atoms with Crippen molar-refractivity contribution in [3.05, 3.63) is 0 Å². The maximum atomic E-state index is 6.25. The van der Waals surface area contributed by atoms with E-state index in [9.17, 15) is 0 Å². The molecule has 0 bridgehead atoms. The van der Waals surface area contributed by atoms with Crippen molar-refractivity contribution in [1.82, 2.24) is 0 Å². The summed E-state index contributed by atoms with van der Waals surface area (Å²) in [4.78, 5) is 0. The van der Waals surface area contributed by atoms with E-state index in [0.29, 0.717) is 11.8 Å². The third kappa shape index (κ3) is 2.63. The Morgan fingerprint density at radius 1 is 1.50 bits per heavy atom. The Bertz CT molecular complexity index is 136. The second kappa shape index (κ2) is 4.48. The molecule has 1 fully saturated rings. The number of hydrogen-bond acceptors (Lipinski definition) is 1. The Morgan fingerprint density at radius 2 is 2.17 bits per heavy atom. The van der Waals surface area contributed by atoms with Crippen LogP contribution in [-0.4, -0.2) is 18.1 Å². The Morgan fingerprint density at radius 3 is 2.75 bits per heavy atom. The third-order valence-corrected chi connectivity index (χ3v) is 3.22. The van der Waals surface area contributed by atoms with Gasteiger partial charge in [0.2, 0.25) is 0 Å². The summed E-state index contributed by atoms with van der Waals surface area (Å²) in [6, 6.07) is 0. The van der Waals surface area contributed by atoms with Gasteiger partial charge in [-0.3, -0.25) is 0 Å². The number of halogens is 1. The van der Waals surface area contributed by atoms with Crippen LogP contribution in [0.1, 0.15) is 33.6 Å². The molecule has 1 rings (SSSR count). The van der Waals surface area contributed by atoms with E-state index in [-0.39, 0.29) is 11.5 Å². The zero-order valence-electron chi connectivity index (χ0n) is 8.22. The first-order chi connectivity index (χ1) is 5.61. The van der Waals surface area contributed by atoms with Gasteiger partial charge in [0.25, 0.3) is 0 Å². The molecule has 0 aromatic heterocycles. The lowest BCUT2D eigenvalue weighted by atomic mass is 9.92. The fraction of sp³-hybridized carbons (Fsp3) is 1.00. The number of alkyl halides is 1. The molecular formula is C10H19ClO. The van der Waals surface area contributed by atoms with Crippen LogP contribution in [0.4, 0.5) is 0 Å². The molecule has 1 aliphatic rings. The zero-order chi connectivity index (χ0) is 9.14. The van der Waals surface area contributed by atoms with Crippen LogP contribution >= 0.6 is 11.6 Å². The normalized spacial score (nSPS) is 37.2. The number of ether oxygens (including phenoxy) is 1. The van der Waals surface area contributed by atoms with Crippen molar-refractivity contribution in [2.24, 2.45) is 11.8 Å². The summed E-state index contributed by atoms with van der Waals surface area (Å²) in [5, 5.41) is 0.223. The Hall–Kier alpha value is 0.250. The minimum atomic E-state index is 0.223. The Kier molecular flexibility index (Phi) is 3.85. The Balaban J connectivity index is 2.41. The van der Waals surface area contributed by atoms with Gasteiger partial charge < -0.3 is 4.74 Å². The molecule has 0 saturated carbocycles. The highest BCUT2D eigenvalue weighted by atomic mass is 35.5. The van der Waals surface area contributed by atoms with Crippen LogP contribution in [0.2, 0.25) is 0 Å². The Labute approximate surface area is 80.4 Å². The maximum Gasteiger partial charge on any atom is 0.0743 e. The van der Waals surface area contributed by atoms with Gasteiger partial charge in [0.15, 0.2) is 0 Å². The fourth-order valence-electron chi connectivity index (χ4n) is 1.69. The van der Waals surface area contributed by atoms with E-state index < -0.39 is 0 Å². The van der Waals surface area contributed by atoms with Crippen molar-refractivity contribution in [3.8, 4) is 0 Å². The lowest BCUT2D eigenvalue weighted by Crippen LogP contribution is -2.36. The predicted octanol–water partition coefficient (Wildman–Crippen LogP) is 3.06. The topological polar surface area (TPSA) is 9.23 Å². The van der Waals surface area contributed by atoms with E-state index in [1.54, 1.807) is 0 Å². The van der Waals surface area contributed by atoms with Crippen LogP contribution in [0.5, 0.6) is 0 Å². The van der Waals surface area contributed by atoms with Crippen LogP contribution in [-0.2, 0) is 4.74 Å². The highest BCUT2D eigenvalue weighted by Crippen LogP contribution is 2.28. The van der Waals surface area contributed by atoms with Crippen LogP contribution < -0.4 is 0 Å². The second-order valence-electron chi connectivity index (χ2n) is 4.25. The molecular weight excluding hydrogens is 172 g/mol. The van der Waals surface area contributed by atoms with Crippen LogP contribution in [0.3, 0.4) is 0 Å². The summed E-state index contributed by atoms with van der Waals surface area (Å²) in [6.45, 7) is 7.54. The highest BCUT2D eigenvalue weighted by Gasteiger charge is 2.29. The van der Waals surface area contributed by atoms with E-state index >= 15 is 0 Å². The molecule has 0 aromatic rings. The van der Waals surface area contributed by atoms with E-state index in [2.05, 4.69) is 20.8 Å². The van der Waals surface area contributed by atoms with E-state index in [1.165, 1.54) is 0 Å².